The summed E-state index contributed by atoms with van der Waals surface area (Å²) in [7, 11) is 0. The number of pyridine rings is 1. The summed E-state index contributed by atoms with van der Waals surface area (Å²) in [6, 6.07) is 5.14. The molecule has 3 amide bonds. The molecule has 4 N–H and O–H groups in total. The van der Waals surface area contributed by atoms with Crippen LogP contribution in [0.5, 0.6) is 5.75 Å². The summed E-state index contributed by atoms with van der Waals surface area (Å²) in [6.07, 6.45) is 0.122. The maximum absolute atomic E-state index is 14.0. The fourth-order valence-corrected chi connectivity index (χ4v) is 3.52. The minimum atomic E-state index is -1.28. The number of amides is 3. The molecule has 0 aliphatic rings. The van der Waals surface area contributed by atoms with Crippen LogP contribution in [0.4, 0.5) is 13.6 Å². The average Bonchev–Trinajstić information content (AvgIpc) is 3.06. The molecule has 3 rings (SSSR count). The summed E-state index contributed by atoms with van der Waals surface area (Å²) in [5.41, 5.74) is 4.60. The van der Waals surface area contributed by atoms with Crippen molar-refractivity contribution < 1.29 is 33.0 Å². The monoisotopic (exact) mass is 489 g/mol. The van der Waals surface area contributed by atoms with Gasteiger partial charge < -0.3 is 15.2 Å². The van der Waals surface area contributed by atoms with Crippen molar-refractivity contribution in [3.8, 4) is 5.75 Å². The second kappa shape index (κ2) is 9.95. The second-order valence-electron chi connectivity index (χ2n) is 8.60. The Kier molecular flexibility index (Phi) is 7.22. The van der Waals surface area contributed by atoms with Crippen LogP contribution in [0.15, 0.2) is 30.5 Å². The predicted octanol–water partition coefficient (Wildman–Crippen LogP) is 3.01. The molecule has 35 heavy (non-hydrogen) atoms. The number of hydrogen-bond donors (Lipinski definition) is 4. The molecule has 0 saturated heterocycles. The zero-order valence-electron chi connectivity index (χ0n) is 19.5. The second-order valence-corrected chi connectivity index (χ2v) is 8.60. The van der Waals surface area contributed by atoms with Crippen LogP contribution < -0.4 is 20.9 Å². The summed E-state index contributed by atoms with van der Waals surface area (Å²) in [4.78, 5) is 40.2. The molecule has 2 aromatic heterocycles. The van der Waals surface area contributed by atoms with Crippen molar-refractivity contribution in [1.82, 2.24) is 25.6 Å². The van der Waals surface area contributed by atoms with Crippen molar-refractivity contribution in [2.75, 3.05) is 0 Å². The van der Waals surface area contributed by atoms with E-state index in [1.807, 2.05) is 0 Å². The number of imidazole rings is 1. The van der Waals surface area contributed by atoms with Crippen molar-refractivity contribution in [2.45, 2.75) is 46.3 Å². The molecule has 0 radical (unpaired) electrons. The van der Waals surface area contributed by atoms with Gasteiger partial charge in [-0.05, 0) is 51.5 Å². The highest BCUT2D eigenvalue weighted by Crippen LogP contribution is 2.26. The van der Waals surface area contributed by atoms with Gasteiger partial charge in [-0.1, -0.05) is 6.07 Å². The summed E-state index contributed by atoms with van der Waals surface area (Å²) < 4.78 is 35.1. The summed E-state index contributed by atoms with van der Waals surface area (Å²) in [6.45, 7) is 5.98. The maximum Gasteiger partial charge on any atom is 0.405 e. The van der Waals surface area contributed by atoms with Gasteiger partial charge in [-0.25, -0.2) is 18.6 Å². The van der Waals surface area contributed by atoms with Gasteiger partial charge in [0.2, 0.25) is 5.91 Å². The lowest BCUT2D eigenvalue weighted by molar-refractivity contribution is -0.123. The summed E-state index contributed by atoms with van der Waals surface area (Å²) in [5, 5.41) is 11.1. The van der Waals surface area contributed by atoms with Gasteiger partial charge in [-0.2, -0.15) is 0 Å². The number of rotatable bonds is 7. The SMILES string of the molecule is Cc1cc(OCc2c(F)cccc2F)c2nc(C)c(C(=O)NNC(=O)CC(C)(C)NC(=O)O)n2c1. The smallest absolute Gasteiger partial charge is 0.405 e. The number of halogens is 2. The number of hydrazine groups is 1. The number of carbonyl (C=O) groups is 3. The van der Waals surface area contributed by atoms with Crippen LogP contribution in [-0.2, 0) is 11.4 Å². The number of fused-ring (bicyclic) bond motifs is 1. The van der Waals surface area contributed by atoms with E-state index in [-0.39, 0.29) is 35.7 Å². The van der Waals surface area contributed by atoms with Gasteiger partial charge in [0.15, 0.2) is 11.4 Å². The highest BCUT2D eigenvalue weighted by Gasteiger charge is 2.25. The Balaban J connectivity index is 1.79. The molecular weight excluding hydrogens is 464 g/mol. The highest BCUT2D eigenvalue weighted by molar-refractivity contribution is 5.96. The molecule has 3 aromatic rings. The Bertz CT molecular complexity index is 1280. The molecular formula is C23H25F2N5O5. The molecule has 0 saturated carbocycles. The Morgan fingerprint density at radius 2 is 1.80 bits per heavy atom. The molecule has 0 atom stereocenters. The molecule has 0 aliphatic heterocycles. The lowest BCUT2D eigenvalue weighted by Gasteiger charge is -2.23. The predicted molar refractivity (Wildman–Crippen MR) is 121 cm³/mol. The highest BCUT2D eigenvalue weighted by atomic mass is 19.1. The van der Waals surface area contributed by atoms with Crippen LogP contribution in [0.3, 0.4) is 0 Å². The van der Waals surface area contributed by atoms with Crippen LogP contribution in [0.2, 0.25) is 0 Å². The van der Waals surface area contributed by atoms with E-state index in [4.69, 9.17) is 9.84 Å². The Morgan fingerprint density at radius 3 is 2.43 bits per heavy atom. The lowest BCUT2D eigenvalue weighted by Crippen LogP contribution is -2.49. The van der Waals surface area contributed by atoms with Crippen LogP contribution in [-0.4, -0.2) is 37.9 Å². The van der Waals surface area contributed by atoms with Gasteiger partial charge in [0.05, 0.1) is 17.7 Å². The lowest BCUT2D eigenvalue weighted by atomic mass is 10.0. The largest absolute Gasteiger partial charge is 0.485 e. The topological polar surface area (TPSA) is 134 Å². The maximum atomic E-state index is 14.0. The number of nitrogens with one attached hydrogen (secondary N) is 3. The van der Waals surface area contributed by atoms with Gasteiger partial charge in [-0.15, -0.1) is 0 Å². The van der Waals surface area contributed by atoms with Gasteiger partial charge in [0.25, 0.3) is 5.91 Å². The van der Waals surface area contributed by atoms with Gasteiger partial charge in [0.1, 0.15) is 23.9 Å². The Morgan fingerprint density at radius 1 is 1.14 bits per heavy atom. The van der Waals surface area contributed by atoms with E-state index in [2.05, 4.69) is 21.2 Å². The quantitative estimate of drug-likeness (QED) is 0.377. The Labute approximate surface area is 199 Å². The molecule has 0 fully saturated rings. The van der Waals surface area contributed by atoms with Crippen LogP contribution in [0.25, 0.3) is 5.65 Å². The minimum Gasteiger partial charge on any atom is -0.485 e. The molecule has 12 heteroatoms. The first kappa shape index (κ1) is 25.4. The zero-order valence-corrected chi connectivity index (χ0v) is 19.5. The minimum absolute atomic E-state index is 0.105. The number of hydrogen-bond acceptors (Lipinski definition) is 5. The molecule has 2 heterocycles. The number of aryl methyl sites for hydroxylation is 2. The van der Waals surface area contributed by atoms with Crippen LogP contribution in [0, 0.1) is 25.5 Å². The van der Waals surface area contributed by atoms with Gasteiger partial charge in [-0.3, -0.25) is 24.8 Å². The number of carboxylic acid groups (broad SMARTS) is 1. The van der Waals surface area contributed by atoms with E-state index in [1.165, 1.54) is 24.3 Å². The van der Waals surface area contributed by atoms with E-state index in [0.29, 0.717) is 11.3 Å². The molecule has 186 valence electrons. The zero-order chi connectivity index (χ0) is 25.9. The normalized spacial score (nSPS) is 11.3. The van der Waals surface area contributed by atoms with Crippen molar-refractivity contribution in [3.63, 3.8) is 0 Å². The van der Waals surface area contributed by atoms with E-state index < -0.39 is 35.1 Å². The summed E-state index contributed by atoms with van der Waals surface area (Å²) >= 11 is 0. The third-order valence-electron chi connectivity index (χ3n) is 5.01. The average molecular weight is 489 g/mol. The van der Waals surface area contributed by atoms with Crippen molar-refractivity contribution in [1.29, 1.82) is 0 Å². The number of carbonyl (C=O) groups excluding carboxylic acids is 2. The number of ether oxygens (including phenoxy) is 1. The van der Waals surface area contributed by atoms with Crippen molar-refractivity contribution in [3.05, 3.63) is 64.6 Å². The molecule has 0 spiro atoms. The number of nitrogens with zero attached hydrogens (tertiary/aromatic N) is 2. The standard InChI is InChI=1S/C23H25F2N5O5/c1-12-8-17(35-11-14-15(24)6-5-7-16(14)25)20-26-13(2)19(30(20)10-12)21(32)29-28-18(31)9-23(3,4)27-22(33)34/h5-8,10,27H,9,11H2,1-4H3,(H,28,31)(H,29,32)(H,33,34). The molecule has 0 bridgehead atoms. The van der Waals surface area contributed by atoms with E-state index in [0.717, 1.165) is 12.1 Å². The van der Waals surface area contributed by atoms with Crippen LogP contribution >= 0.6 is 0 Å². The Hall–Kier alpha value is -4.22. The fraction of sp³-hybridized carbons (Fsp3) is 0.304. The third-order valence-corrected chi connectivity index (χ3v) is 5.01. The fourth-order valence-electron chi connectivity index (χ4n) is 3.52. The first-order valence-electron chi connectivity index (χ1n) is 10.5. The molecule has 1 aromatic carbocycles. The molecule has 0 unspecified atom stereocenters. The molecule has 0 aliphatic carbocycles. The van der Waals surface area contributed by atoms with Crippen molar-refractivity contribution >= 4 is 23.6 Å². The van der Waals surface area contributed by atoms with Gasteiger partial charge in [0, 0.05) is 11.7 Å². The van der Waals surface area contributed by atoms with Crippen LogP contribution in [0.1, 0.15) is 47.6 Å². The van der Waals surface area contributed by atoms with Crippen molar-refractivity contribution in [2.24, 2.45) is 0 Å². The first-order valence-corrected chi connectivity index (χ1v) is 10.5. The van der Waals surface area contributed by atoms with E-state index >= 15 is 0 Å². The first-order chi connectivity index (χ1) is 16.4. The van der Waals surface area contributed by atoms with Gasteiger partial charge >= 0.3 is 6.09 Å². The van der Waals surface area contributed by atoms with E-state index in [9.17, 15) is 23.2 Å². The van der Waals surface area contributed by atoms with E-state index in [1.54, 1.807) is 26.1 Å². The number of aromatic nitrogens is 2. The number of benzene rings is 1. The molecule has 10 nitrogen and oxygen atoms in total. The third kappa shape index (κ3) is 6.02. The summed E-state index contributed by atoms with van der Waals surface area (Å²) in [5.74, 6) is -2.57.